The van der Waals surface area contributed by atoms with E-state index in [2.05, 4.69) is 5.32 Å². The predicted octanol–water partition coefficient (Wildman–Crippen LogP) is 2.29. The molecule has 1 fully saturated rings. The summed E-state index contributed by atoms with van der Waals surface area (Å²) in [4.78, 5) is 13.6. The molecule has 1 amide bonds. The highest BCUT2D eigenvalue weighted by molar-refractivity contribution is 5.68. The number of rotatable bonds is 3. The molecule has 1 aromatic carbocycles. The van der Waals surface area contributed by atoms with E-state index in [1.165, 1.54) is 6.07 Å². The van der Waals surface area contributed by atoms with Gasteiger partial charge in [-0.2, -0.15) is 0 Å². The molecule has 6 heteroatoms. The van der Waals surface area contributed by atoms with Crippen LogP contribution in [-0.2, 0) is 11.3 Å². The van der Waals surface area contributed by atoms with Crippen molar-refractivity contribution in [1.82, 2.24) is 10.2 Å². The number of nitrogens with zero attached hydrogens (tertiary/aromatic N) is 1. The molecule has 1 aliphatic rings. The fourth-order valence-corrected chi connectivity index (χ4v) is 2.25. The Hall–Kier alpha value is -1.69. The highest BCUT2D eigenvalue weighted by Crippen LogP contribution is 2.15. The van der Waals surface area contributed by atoms with E-state index in [1.54, 1.807) is 4.90 Å². The van der Waals surface area contributed by atoms with Gasteiger partial charge in [0.2, 0.25) is 0 Å². The van der Waals surface area contributed by atoms with E-state index in [9.17, 15) is 13.6 Å². The van der Waals surface area contributed by atoms with E-state index in [0.717, 1.165) is 18.6 Å². The Bertz CT molecular complexity index is 462. The largest absolute Gasteiger partial charge is 0.444 e. The Morgan fingerprint density at radius 3 is 2.80 bits per heavy atom. The van der Waals surface area contributed by atoms with Gasteiger partial charge in [0, 0.05) is 25.7 Å². The molecule has 0 radical (unpaired) electrons. The molecule has 0 saturated carbocycles. The minimum atomic E-state index is -0.704. The molecule has 0 bridgehead atoms. The molecule has 20 heavy (non-hydrogen) atoms. The lowest BCUT2D eigenvalue weighted by Crippen LogP contribution is -2.53. The van der Waals surface area contributed by atoms with Crippen LogP contribution >= 0.6 is 0 Å². The van der Waals surface area contributed by atoms with E-state index in [-0.39, 0.29) is 11.6 Å². The maximum Gasteiger partial charge on any atom is 0.410 e. The summed E-state index contributed by atoms with van der Waals surface area (Å²) in [5, 5.41) is 3.19. The van der Waals surface area contributed by atoms with Crippen LogP contribution in [0.4, 0.5) is 13.6 Å². The third-order valence-electron chi connectivity index (χ3n) is 3.46. The Balaban J connectivity index is 1.98. The van der Waals surface area contributed by atoms with Crippen molar-refractivity contribution in [2.45, 2.75) is 26.0 Å². The number of benzene rings is 1. The van der Waals surface area contributed by atoms with Crippen molar-refractivity contribution < 1.29 is 18.3 Å². The Morgan fingerprint density at radius 2 is 2.15 bits per heavy atom. The van der Waals surface area contributed by atoms with Gasteiger partial charge in [-0.15, -0.1) is 0 Å². The average molecular weight is 284 g/mol. The highest BCUT2D eigenvalue weighted by Gasteiger charge is 2.26. The lowest BCUT2D eigenvalue weighted by molar-refractivity contribution is 0.0699. The number of piperazine rings is 1. The van der Waals surface area contributed by atoms with Crippen molar-refractivity contribution in [3.05, 3.63) is 35.4 Å². The molecule has 1 heterocycles. The van der Waals surface area contributed by atoms with Crippen LogP contribution in [0.25, 0.3) is 0 Å². The molecule has 0 aromatic heterocycles. The summed E-state index contributed by atoms with van der Waals surface area (Å²) in [6.45, 7) is 3.53. The zero-order valence-electron chi connectivity index (χ0n) is 11.4. The molecular formula is C14H18F2N2O2. The van der Waals surface area contributed by atoms with Crippen molar-refractivity contribution in [2.75, 3.05) is 19.6 Å². The lowest BCUT2D eigenvalue weighted by atomic mass is 10.1. The number of halogens is 2. The smallest absolute Gasteiger partial charge is 0.410 e. The van der Waals surface area contributed by atoms with E-state index >= 15 is 0 Å². The first-order valence-electron chi connectivity index (χ1n) is 6.70. The Morgan fingerprint density at radius 1 is 1.45 bits per heavy atom. The summed E-state index contributed by atoms with van der Waals surface area (Å²) in [5.74, 6) is -1.41. The van der Waals surface area contributed by atoms with Crippen LogP contribution in [0.1, 0.15) is 18.9 Å². The van der Waals surface area contributed by atoms with E-state index < -0.39 is 24.3 Å². The highest BCUT2D eigenvalue weighted by atomic mass is 19.1. The van der Waals surface area contributed by atoms with Gasteiger partial charge in [-0.05, 0) is 18.6 Å². The Kier molecular flexibility index (Phi) is 4.89. The van der Waals surface area contributed by atoms with Crippen molar-refractivity contribution in [3.8, 4) is 0 Å². The lowest BCUT2D eigenvalue weighted by Gasteiger charge is -2.34. The fourth-order valence-electron chi connectivity index (χ4n) is 2.25. The second-order valence-electron chi connectivity index (χ2n) is 4.71. The quantitative estimate of drug-likeness (QED) is 0.926. The zero-order chi connectivity index (χ0) is 14.5. The van der Waals surface area contributed by atoms with Crippen molar-refractivity contribution in [2.24, 2.45) is 0 Å². The van der Waals surface area contributed by atoms with Crippen LogP contribution in [-0.4, -0.2) is 36.7 Å². The molecule has 1 aromatic rings. The number of amides is 1. The van der Waals surface area contributed by atoms with Crippen LogP contribution in [0.2, 0.25) is 0 Å². The summed E-state index contributed by atoms with van der Waals surface area (Å²) in [6, 6.07) is 3.62. The summed E-state index contributed by atoms with van der Waals surface area (Å²) in [6.07, 6.45) is 0.275. The minimum absolute atomic E-state index is 0.0571. The van der Waals surface area contributed by atoms with Gasteiger partial charge in [-0.3, -0.25) is 0 Å². The van der Waals surface area contributed by atoms with Crippen molar-refractivity contribution in [3.63, 3.8) is 0 Å². The van der Waals surface area contributed by atoms with Crippen LogP contribution < -0.4 is 5.32 Å². The van der Waals surface area contributed by atoms with Gasteiger partial charge in [0.15, 0.2) is 0 Å². The number of carbonyl (C=O) groups excluding carboxylic acids is 1. The van der Waals surface area contributed by atoms with Gasteiger partial charge in [-0.25, -0.2) is 13.6 Å². The van der Waals surface area contributed by atoms with E-state index in [4.69, 9.17) is 4.74 Å². The van der Waals surface area contributed by atoms with Gasteiger partial charge in [0.05, 0.1) is 5.56 Å². The molecule has 110 valence electrons. The number of nitrogens with one attached hydrogen (secondary N) is 1. The zero-order valence-corrected chi connectivity index (χ0v) is 11.4. The van der Waals surface area contributed by atoms with E-state index in [1.807, 2.05) is 6.92 Å². The summed E-state index contributed by atoms with van der Waals surface area (Å²) in [5.41, 5.74) is -0.218. The first-order valence-corrected chi connectivity index (χ1v) is 6.70. The van der Waals surface area contributed by atoms with Crippen molar-refractivity contribution in [1.29, 1.82) is 0 Å². The van der Waals surface area contributed by atoms with Crippen LogP contribution in [0.5, 0.6) is 0 Å². The molecular weight excluding hydrogens is 266 g/mol. The third-order valence-corrected chi connectivity index (χ3v) is 3.46. The molecule has 2 rings (SSSR count). The molecule has 1 aliphatic heterocycles. The summed E-state index contributed by atoms with van der Waals surface area (Å²) in [7, 11) is 0. The second kappa shape index (κ2) is 6.65. The average Bonchev–Trinajstić information content (AvgIpc) is 2.46. The topological polar surface area (TPSA) is 41.6 Å². The first kappa shape index (κ1) is 14.7. The first-order chi connectivity index (χ1) is 9.63. The number of hydrogen-bond donors (Lipinski definition) is 1. The molecule has 4 nitrogen and oxygen atoms in total. The normalized spacial score (nSPS) is 18.9. The van der Waals surface area contributed by atoms with Crippen molar-refractivity contribution >= 4 is 6.09 Å². The van der Waals surface area contributed by atoms with Crippen LogP contribution in [0.3, 0.4) is 0 Å². The molecule has 1 atom stereocenters. The third kappa shape index (κ3) is 3.25. The minimum Gasteiger partial charge on any atom is -0.444 e. The molecule has 0 aliphatic carbocycles. The van der Waals surface area contributed by atoms with Gasteiger partial charge >= 0.3 is 6.09 Å². The van der Waals surface area contributed by atoms with E-state index in [0.29, 0.717) is 19.6 Å². The molecule has 0 unspecified atom stereocenters. The number of carbonyl (C=O) groups is 1. The van der Waals surface area contributed by atoms with Crippen LogP contribution in [0, 0.1) is 11.6 Å². The number of hydrogen-bond acceptors (Lipinski definition) is 3. The Labute approximate surface area is 116 Å². The predicted molar refractivity (Wildman–Crippen MR) is 70.2 cm³/mol. The van der Waals surface area contributed by atoms with Gasteiger partial charge in [0.25, 0.3) is 0 Å². The standard InChI is InChI=1S/C14H18F2N2O2/c1-2-10-8-17-6-7-18(10)14(19)20-9-11-12(15)4-3-5-13(11)16/h3-5,10,17H,2,6-9H2,1H3/t10-/m1/s1. The summed E-state index contributed by atoms with van der Waals surface area (Å²) >= 11 is 0. The number of ether oxygens (including phenoxy) is 1. The maximum absolute atomic E-state index is 13.4. The SMILES string of the molecule is CC[C@@H]1CNCCN1C(=O)OCc1c(F)cccc1F. The van der Waals surface area contributed by atoms with Gasteiger partial charge < -0.3 is 15.0 Å². The summed E-state index contributed by atoms with van der Waals surface area (Å²) < 4.78 is 31.9. The maximum atomic E-state index is 13.4. The molecule has 1 N–H and O–H groups in total. The molecule has 1 saturated heterocycles. The van der Waals surface area contributed by atoms with Gasteiger partial charge in [0.1, 0.15) is 18.2 Å². The monoisotopic (exact) mass is 284 g/mol. The van der Waals surface area contributed by atoms with Gasteiger partial charge in [-0.1, -0.05) is 13.0 Å². The fraction of sp³-hybridized carbons (Fsp3) is 0.500. The molecule has 0 spiro atoms. The van der Waals surface area contributed by atoms with Crippen LogP contribution in [0.15, 0.2) is 18.2 Å². The second-order valence-corrected chi connectivity index (χ2v) is 4.71.